The van der Waals surface area contributed by atoms with Crippen molar-refractivity contribution >= 4 is 11.9 Å². The number of hydrogen-bond acceptors (Lipinski definition) is 3. The maximum absolute atomic E-state index is 12.9. The third-order valence-electron chi connectivity index (χ3n) is 5.91. The molecule has 0 aromatic carbocycles. The topological polar surface area (TPSA) is 66.8 Å². The van der Waals surface area contributed by atoms with E-state index in [1.165, 1.54) is 0 Å². The molecule has 3 aliphatic heterocycles. The highest BCUT2D eigenvalue weighted by Gasteiger charge is 2.53. The lowest BCUT2D eigenvalue weighted by atomic mass is 9.79. The second-order valence-corrected chi connectivity index (χ2v) is 6.86. The van der Waals surface area contributed by atoms with E-state index in [4.69, 9.17) is 4.74 Å². The number of aliphatic carboxylic acids is 1. The van der Waals surface area contributed by atoms with Gasteiger partial charge in [0.25, 0.3) is 0 Å². The lowest BCUT2D eigenvalue weighted by Crippen LogP contribution is -2.44. The van der Waals surface area contributed by atoms with Gasteiger partial charge in [-0.05, 0) is 44.4 Å². The van der Waals surface area contributed by atoms with Crippen LogP contribution in [0, 0.1) is 17.8 Å². The van der Waals surface area contributed by atoms with Gasteiger partial charge in [-0.15, -0.1) is 0 Å². The highest BCUT2D eigenvalue weighted by Crippen LogP contribution is 2.45. The van der Waals surface area contributed by atoms with Crippen LogP contribution in [0.3, 0.4) is 0 Å². The first-order valence-electron chi connectivity index (χ1n) is 7.81. The number of carboxylic acid groups (broad SMARTS) is 1. The zero-order valence-corrected chi connectivity index (χ0v) is 11.5. The van der Waals surface area contributed by atoms with Crippen molar-refractivity contribution < 1.29 is 19.4 Å². The van der Waals surface area contributed by atoms with Crippen LogP contribution < -0.4 is 0 Å². The summed E-state index contributed by atoms with van der Waals surface area (Å²) >= 11 is 0. The van der Waals surface area contributed by atoms with Crippen LogP contribution in [-0.2, 0) is 14.3 Å². The molecule has 1 saturated carbocycles. The molecule has 1 aliphatic carbocycles. The lowest BCUT2D eigenvalue weighted by molar-refractivity contribution is -0.144. The molecule has 20 heavy (non-hydrogen) atoms. The largest absolute Gasteiger partial charge is 0.481 e. The Kier molecular flexibility index (Phi) is 2.81. The molecule has 1 N–H and O–H groups in total. The molecule has 5 heteroatoms. The summed E-state index contributed by atoms with van der Waals surface area (Å²) < 4.78 is 5.68. The van der Waals surface area contributed by atoms with E-state index in [1.807, 2.05) is 4.90 Å². The molecule has 3 saturated heterocycles. The monoisotopic (exact) mass is 279 g/mol. The molecule has 4 fully saturated rings. The predicted octanol–water partition coefficient (Wildman–Crippen LogP) is 1.27. The summed E-state index contributed by atoms with van der Waals surface area (Å²) in [5.74, 6) is -0.416. The van der Waals surface area contributed by atoms with Gasteiger partial charge in [0.05, 0.1) is 18.6 Å². The molecule has 0 aromatic heterocycles. The number of nitrogens with zero attached hydrogens (tertiary/aromatic N) is 1. The normalized spacial score (nSPS) is 45.9. The third kappa shape index (κ3) is 1.72. The summed E-state index contributed by atoms with van der Waals surface area (Å²) in [5, 5.41) is 9.29. The van der Waals surface area contributed by atoms with Crippen LogP contribution in [0.1, 0.15) is 38.5 Å². The number of carbonyl (C=O) groups is 2. The Bertz CT molecular complexity index is 451. The van der Waals surface area contributed by atoms with E-state index in [0.717, 1.165) is 32.1 Å². The number of ether oxygens (including phenoxy) is 1. The second-order valence-electron chi connectivity index (χ2n) is 6.86. The van der Waals surface area contributed by atoms with Crippen LogP contribution in [0.4, 0.5) is 0 Å². The number of amides is 1. The van der Waals surface area contributed by atoms with E-state index in [9.17, 15) is 14.7 Å². The molecule has 4 rings (SSSR count). The van der Waals surface area contributed by atoms with Gasteiger partial charge in [0.1, 0.15) is 0 Å². The number of rotatable bonds is 2. The van der Waals surface area contributed by atoms with E-state index in [-0.39, 0.29) is 29.8 Å². The van der Waals surface area contributed by atoms with E-state index in [1.54, 1.807) is 0 Å². The zero-order valence-electron chi connectivity index (χ0n) is 11.5. The highest BCUT2D eigenvalue weighted by molar-refractivity contribution is 5.83. The van der Waals surface area contributed by atoms with Crippen molar-refractivity contribution in [2.45, 2.75) is 56.7 Å². The predicted molar refractivity (Wildman–Crippen MR) is 70.0 cm³/mol. The third-order valence-corrected chi connectivity index (χ3v) is 5.91. The molecule has 6 atom stereocenters. The van der Waals surface area contributed by atoms with Crippen molar-refractivity contribution in [2.75, 3.05) is 6.61 Å². The van der Waals surface area contributed by atoms with Gasteiger partial charge < -0.3 is 14.7 Å². The molecule has 0 spiro atoms. The summed E-state index contributed by atoms with van der Waals surface area (Å²) in [5.41, 5.74) is 0. The fourth-order valence-corrected chi connectivity index (χ4v) is 4.93. The molecule has 4 aliphatic rings. The van der Waals surface area contributed by atoms with Gasteiger partial charge in [-0.25, -0.2) is 0 Å². The van der Waals surface area contributed by atoms with Crippen molar-refractivity contribution in [3.8, 4) is 0 Å². The van der Waals surface area contributed by atoms with Crippen LogP contribution >= 0.6 is 0 Å². The summed E-state index contributed by atoms with van der Waals surface area (Å²) in [4.78, 5) is 26.1. The van der Waals surface area contributed by atoms with Crippen LogP contribution in [0.15, 0.2) is 0 Å². The highest BCUT2D eigenvalue weighted by atomic mass is 16.5. The molecule has 0 unspecified atom stereocenters. The van der Waals surface area contributed by atoms with Crippen molar-refractivity contribution in [1.29, 1.82) is 0 Å². The lowest BCUT2D eigenvalue weighted by Gasteiger charge is -2.32. The van der Waals surface area contributed by atoms with E-state index >= 15 is 0 Å². The first-order valence-corrected chi connectivity index (χ1v) is 7.81. The SMILES string of the molecule is O=C(O)[C@@H]1C[C@H]2CC[C@@H]1N2C(=O)[C@@H]1CC[C@H]2C[C@@H]1CO2. The zero-order chi connectivity index (χ0) is 13.9. The van der Waals surface area contributed by atoms with E-state index in [2.05, 4.69) is 0 Å². The minimum absolute atomic E-state index is 0.0509. The fourth-order valence-electron chi connectivity index (χ4n) is 4.93. The minimum Gasteiger partial charge on any atom is -0.481 e. The van der Waals surface area contributed by atoms with Crippen LogP contribution in [0.5, 0.6) is 0 Å². The van der Waals surface area contributed by atoms with Crippen LogP contribution in [-0.4, -0.2) is 46.7 Å². The van der Waals surface area contributed by atoms with Crippen molar-refractivity contribution in [3.05, 3.63) is 0 Å². The maximum Gasteiger partial charge on any atom is 0.308 e. The van der Waals surface area contributed by atoms with Gasteiger partial charge in [0.2, 0.25) is 5.91 Å². The average molecular weight is 279 g/mol. The van der Waals surface area contributed by atoms with Crippen LogP contribution in [0.25, 0.3) is 0 Å². The van der Waals surface area contributed by atoms with Crippen molar-refractivity contribution in [3.63, 3.8) is 0 Å². The first kappa shape index (κ1) is 12.6. The Morgan fingerprint density at radius 3 is 2.65 bits per heavy atom. The molecule has 1 amide bonds. The van der Waals surface area contributed by atoms with Gasteiger partial charge in [-0.3, -0.25) is 9.59 Å². The summed E-state index contributed by atoms with van der Waals surface area (Å²) in [6, 6.07) is 0.124. The number of fused-ring (bicyclic) bond motifs is 4. The Hall–Kier alpha value is -1.10. The summed E-state index contributed by atoms with van der Waals surface area (Å²) in [6.07, 6.45) is 5.79. The molecule has 110 valence electrons. The van der Waals surface area contributed by atoms with Gasteiger partial charge in [-0.2, -0.15) is 0 Å². The molecule has 0 radical (unpaired) electrons. The maximum atomic E-state index is 12.9. The molecular weight excluding hydrogens is 258 g/mol. The van der Waals surface area contributed by atoms with E-state index < -0.39 is 5.97 Å². The molecule has 4 bridgehead atoms. The minimum atomic E-state index is -0.733. The average Bonchev–Trinajstić information content (AvgIpc) is 3.11. The Labute approximate surface area is 118 Å². The summed E-state index contributed by atoms with van der Waals surface area (Å²) in [7, 11) is 0. The Balaban J connectivity index is 1.53. The van der Waals surface area contributed by atoms with Crippen LogP contribution in [0.2, 0.25) is 0 Å². The number of carbonyl (C=O) groups excluding carboxylic acids is 1. The molecule has 3 heterocycles. The molecular formula is C15H21NO4. The number of carboxylic acids is 1. The first-order chi connectivity index (χ1) is 9.65. The summed E-state index contributed by atoms with van der Waals surface area (Å²) in [6.45, 7) is 0.715. The Morgan fingerprint density at radius 2 is 1.90 bits per heavy atom. The van der Waals surface area contributed by atoms with Gasteiger partial charge in [0.15, 0.2) is 0 Å². The fraction of sp³-hybridized carbons (Fsp3) is 0.867. The quantitative estimate of drug-likeness (QED) is 0.826. The van der Waals surface area contributed by atoms with Gasteiger partial charge in [-0.1, -0.05) is 0 Å². The standard InChI is InChI=1S/C15H21NO4/c17-14(11-3-2-10-5-8(11)7-20-10)16-9-1-4-13(16)12(6-9)15(18)19/h8-13H,1-7H2,(H,18,19)/t8-,9-,10+,11-,12-,13+/m1/s1. The number of hydrogen-bond donors (Lipinski definition) is 1. The second kappa shape index (κ2) is 4.45. The van der Waals surface area contributed by atoms with Crippen molar-refractivity contribution in [1.82, 2.24) is 4.90 Å². The van der Waals surface area contributed by atoms with E-state index in [0.29, 0.717) is 25.0 Å². The van der Waals surface area contributed by atoms with Crippen molar-refractivity contribution in [2.24, 2.45) is 17.8 Å². The molecule has 5 nitrogen and oxygen atoms in total. The molecule has 0 aromatic rings. The smallest absolute Gasteiger partial charge is 0.308 e. The van der Waals surface area contributed by atoms with Gasteiger partial charge in [0, 0.05) is 18.0 Å². The van der Waals surface area contributed by atoms with Gasteiger partial charge >= 0.3 is 5.97 Å². The Morgan fingerprint density at radius 1 is 1.05 bits per heavy atom.